The third kappa shape index (κ3) is 12.5. The Hall–Kier alpha value is -6.14. The van der Waals surface area contributed by atoms with E-state index < -0.39 is 53.2 Å². The quantitative estimate of drug-likeness (QED) is 0.0635. The number of hydrogen-bond acceptors (Lipinski definition) is 8. The maximum atomic E-state index is 14.2. The van der Waals surface area contributed by atoms with Gasteiger partial charge in [0.1, 0.15) is 11.4 Å². The Balaban J connectivity index is 1.14. The van der Waals surface area contributed by atoms with Crippen LogP contribution < -0.4 is 16.0 Å². The van der Waals surface area contributed by atoms with Gasteiger partial charge in [0.05, 0.1) is 0 Å². The Morgan fingerprint density at radius 2 is 1.51 bits per heavy atom. The van der Waals surface area contributed by atoms with E-state index in [9.17, 15) is 54.7 Å². The van der Waals surface area contributed by atoms with Crippen molar-refractivity contribution < 1.29 is 59.4 Å². The standard InChI is InChI=1S/C48H53F7N6O6/c1-27-22-33(39(63)24-34-6-5-21-56-41(34)64)17-20-37(27)30-11-7-28(8-12-30)23-35(25-38(62)31-13-9-29(10-14-31)26-57-44(66)67-45(2,3)4)42(65)58-36-18-15-32(16-19-36)40-59-43(61-60-40)46(49,50)47(51,52)48(53,54)55/h7-8,11-12,15-20,22,29,31,34-35H,5-6,9-10,13-14,21,23-26H2,1-4H3,(H,56,64)(H,57,66)(H,58,65)(H,59,60,61). The van der Waals surface area contributed by atoms with Crippen molar-refractivity contribution in [1.82, 2.24) is 25.8 Å². The third-order valence-corrected chi connectivity index (χ3v) is 12.1. The molecule has 1 saturated heterocycles. The fourth-order valence-electron chi connectivity index (χ4n) is 8.34. The molecule has 3 amide bonds. The smallest absolute Gasteiger partial charge is 0.444 e. The van der Waals surface area contributed by atoms with Gasteiger partial charge in [0, 0.05) is 60.5 Å². The lowest BCUT2D eigenvalue weighted by atomic mass is 9.77. The lowest BCUT2D eigenvalue weighted by Gasteiger charge is -2.29. The molecule has 12 nitrogen and oxygen atoms in total. The maximum Gasteiger partial charge on any atom is 0.460 e. The van der Waals surface area contributed by atoms with Gasteiger partial charge in [-0.15, -0.1) is 0 Å². The number of piperidine rings is 1. The zero-order valence-corrected chi connectivity index (χ0v) is 37.4. The summed E-state index contributed by atoms with van der Waals surface area (Å²) < 4.78 is 99.3. The van der Waals surface area contributed by atoms with Crippen molar-refractivity contribution >= 4 is 35.2 Å². The van der Waals surface area contributed by atoms with E-state index in [1.54, 1.807) is 32.9 Å². The van der Waals surface area contributed by atoms with Crippen molar-refractivity contribution in [2.45, 2.75) is 109 Å². The number of amides is 3. The number of alkyl halides is 7. The SMILES string of the molecule is Cc1cc(C(=O)CC2CCCNC2=O)ccc1-c1ccc(CC(CC(=O)C2CCC(CNC(=O)OC(C)(C)C)CC2)C(=O)Nc2ccc(-c3n[nH]c(C(F)(F)C(F)(F)C(F)(F)F)n3)cc2)cc1. The Bertz CT molecular complexity index is 2420. The molecule has 2 heterocycles. The number of carbonyl (C=O) groups excluding carboxylic acids is 5. The predicted molar refractivity (Wildman–Crippen MR) is 233 cm³/mol. The van der Waals surface area contributed by atoms with Crippen molar-refractivity contribution in [3.63, 3.8) is 0 Å². The summed E-state index contributed by atoms with van der Waals surface area (Å²) in [6.45, 7) is 8.20. The number of alkyl carbamates (subject to hydrolysis) is 1. The number of Topliss-reactive ketones (excluding diaryl/α,β-unsaturated/α-hetero) is 2. The van der Waals surface area contributed by atoms with Crippen LogP contribution in [0.1, 0.15) is 99.4 Å². The van der Waals surface area contributed by atoms with E-state index in [-0.39, 0.29) is 65.7 Å². The number of aromatic amines is 1. The van der Waals surface area contributed by atoms with E-state index in [0.29, 0.717) is 50.8 Å². The molecular formula is C48H53F7N6O6. The van der Waals surface area contributed by atoms with Crippen LogP contribution >= 0.6 is 0 Å². The van der Waals surface area contributed by atoms with Crippen LogP contribution in [0, 0.1) is 30.6 Å². The Labute approximate surface area is 382 Å². The number of H-pyrrole nitrogens is 1. The molecule has 1 saturated carbocycles. The van der Waals surface area contributed by atoms with E-state index in [0.717, 1.165) is 28.7 Å². The zero-order valence-electron chi connectivity index (χ0n) is 37.4. The average molecular weight is 943 g/mol. The minimum Gasteiger partial charge on any atom is -0.444 e. The largest absolute Gasteiger partial charge is 0.460 e. The fraction of sp³-hybridized carbons (Fsp3) is 0.479. The molecule has 0 bridgehead atoms. The highest BCUT2D eigenvalue weighted by Crippen LogP contribution is 2.51. The number of ether oxygens (including phenoxy) is 1. The number of rotatable bonds is 16. The van der Waals surface area contributed by atoms with Gasteiger partial charge in [-0.3, -0.25) is 24.3 Å². The second-order valence-electron chi connectivity index (χ2n) is 18.4. The Morgan fingerprint density at radius 3 is 2.12 bits per heavy atom. The van der Waals surface area contributed by atoms with Gasteiger partial charge in [-0.1, -0.05) is 36.4 Å². The number of benzene rings is 3. The lowest BCUT2D eigenvalue weighted by Crippen LogP contribution is -2.50. The summed E-state index contributed by atoms with van der Waals surface area (Å²) in [6, 6.07) is 18.0. The summed E-state index contributed by atoms with van der Waals surface area (Å²) >= 11 is 0. The molecule has 1 aromatic heterocycles. The van der Waals surface area contributed by atoms with Gasteiger partial charge in [0.15, 0.2) is 11.6 Å². The van der Waals surface area contributed by atoms with Crippen molar-refractivity contribution in [2.75, 3.05) is 18.4 Å². The number of anilines is 1. The molecule has 2 unspecified atom stereocenters. The molecule has 3 aromatic carbocycles. The number of aromatic nitrogens is 3. The number of nitrogens with one attached hydrogen (secondary N) is 4. The van der Waals surface area contributed by atoms with Crippen molar-refractivity contribution in [1.29, 1.82) is 0 Å². The first kappa shape index (κ1) is 50.3. The number of aryl methyl sites for hydroxylation is 1. The second-order valence-corrected chi connectivity index (χ2v) is 18.4. The van der Waals surface area contributed by atoms with Crippen LogP contribution in [-0.2, 0) is 31.5 Å². The summed E-state index contributed by atoms with van der Waals surface area (Å²) in [5.74, 6) is -17.0. The minimum atomic E-state index is -6.57. The molecule has 2 fully saturated rings. The second kappa shape index (κ2) is 20.4. The van der Waals surface area contributed by atoms with E-state index in [1.165, 1.54) is 29.4 Å². The number of halogens is 7. The van der Waals surface area contributed by atoms with Gasteiger partial charge in [-0.25, -0.2) is 9.78 Å². The van der Waals surface area contributed by atoms with E-state index in [4.69, 9.17) is 4.74 Å². The zero-order chi connectivity index (χ0) is 48.9. The minimum absolute atomic E-state index is 0.0414. The molecule has 4 aromatic rings. The van der Waals surface area contributed by atoms with Gasteiger partial charge in [0.2, 0.25) is 17.6 Å². The predicted octanol–water partition coefficient (Wildman–Crippen LogP) is 9.92. The molecule has 0 radical (unpaired) electrons. The van der Waals surface area contributed by atoms with Crippen molar-refractivity contribution in [3.8, 4) is 22.5 Å². The van der Waals surface area contributed by atoms with E-state index in [2.05, 4.69) is 26.0 Å². The molecule has 360 valence electrons. The summed E-state index contributed by atoms with van der Waals surface area (Å²) in [5, 5.41) is 13.2. The molecule has 19 heteroatoms. The number of carbonyl (C=O) groups is 5. The first-order valence-electron chi connectivity index (χ1n) is 22.1. The molecule has 1 aliphatic carbocycles. The highest BCUT2D eigenvalue weighted by molar-refractivity contribution is 5.99. The number of hydrogen-bond donors (Lipinski definition) is 4. The lowest BCUT2D eigenvalue weighted by molar-refractivity contribution is -0.361. The van der Waals surface area contributed by atoms with Crippen LogP contribution in [0.25, 0.3) is 22.5 Å². The molecule has 2 atom stereocenters. The van der Waals surface area contributed by atoms with Crippen molar-refractivity contribution in [3.05, 3.63) is 89.2 Å². The molecule has 0 spiro atoms. The van der Waals surface area contributed by atoms with Gasteiger partial charge in [-0.05, 0) is 131 Å². The van der Waals surface area contributed by atoms with Gasteiger partial charge in [0.25, 0.3) is 0 Å². The monoisotopic (exact) mass is 942 g/mol. The van der Waals surface area contributed by atoms with Gasteiger partial charge >= 0.3 is 24.1 Å². The van der Waals surface area contributed by atoms with Gasteiger partial charge < -0.3 is 20.7 Å². The fourth-order valence-corrected chi connectivity index (χ4v) is 8.34. The number of nitrogens with zero attached hydrogens (tertiary/aromatic N) is 2. The molecule has 6 rings (SSSR count). The molecular weight excluding hydrogens is 890 g/mol. The summed E-state index contributed by atoms with van der Waals surface area (Å²) in [6.07, 6.45) is -2.93. The van der Waals surface area contributed by atoms with Crippen LogP contribution in [0.3, 0.4) is 0 Å². The topological polar surface area (TPSA) is 172 Å². The first-order chi connectivity index (χ1) is 31.4. The maximum absolute atomic E-state index is 14.2. The summed E-state index contributed by atoms with van der Waals surface area (Å²) in [5.41, 5.74) is 3.33. The summed E-state index contributed by atoms with van der Waals surface area (Å²) in [7, 11) is 0. The normalized spacial score (nSPS) is 18.7. The van der Waals surface area contributed by atoms with Crippen LogP contribution in [0.5, 0.6) is 0 Å². The first-order valence-corrected chi connectivity index (χ1v) is 22.1. The highest BCUT2D eigenvalue weighted by atomic mass is 19.4. The summed E-state index contributed by atoms with van der Waals surface area (Å²) in [4.78, 5) is 68.6. The molecule has 2 aliphatic rings. The van der Waals surface area contributed by atoms with Crippen LogP contribution in [0.4, 0.5) is 41.2 Å². The Morgan fingerprint density at radius 1 is 0.851 bits per heavy atom. The van der Waals surface area contributed by atoms with Crippen LogP contribution in [0.2, 0.25) is 0 Å². The van der Waals surface area contributed by atoms with Gasteiger partial charge in [-0.2, -0.15) is 35.8 Å². The molecule has 1 aliphatic heterocycles. The third-order valence-electron chi connectivity index (χ3n) is 12.1. The van der Waals surface area contributed by atoms with Crippen molar-refractivity contribution in [2.24, 2.45) is 23.7 Å². The van der Waals surface area contributed by atoms with E-state index in [1.807, 2.05) is 37.3 Å². The molecule has 67 heavy (non-hydrogen) atoms. The van der Waals surface area contributed by atoms with Crippen LogP contribution in [0.15, 0.2) is 66.7 Å². The number of ketones is 2. The van der Waals surface area contributed by atoms with Crippen LogP contribution in [-0.4, -0.2) is 75.4 Å². The average Bonchev–Trinajstić information content (AvgIpc) is 3.77. The Kier molecular flexibility index (Phi) is 15.3. The highest BCUT2D eigenvalue weighted by Gasteiger charge is 2.75. The molecule has 4 N–H and O–H groups in total. The van der Waals surface area contributed by atoms with E-state index >= 15 is 0 Å².